The lowest BCUT2D eigenvalue weighted by Crippen LogP contribution is -2.31. The van der Waals surface area contributed by atoms with Gasteiger partial charge in [-0.2, -0.15) is 0 Å². The second-order valence-corrected chi connectivity index (χ2v) is 4.68. The molecule has 2 aromatic carbocycles. The van der Waals surface area contributed by atoms with Crippen LogP contribution in [-0.4, -0.2) is 22.5 Å². The van der Waals surface area contributed by atoms with E-state index >= 15 is 0 Å². The van der Waals surface area contributed by atoms with Gasteiger partial charge in [-0.15, -0.1) is 0 Å². The first kappa shape index (κ1) is 14.8. The molecule has 0 radical (unpaired) electrons. The molecule has 0 fully saturated rings. The molecule has 5 heteroatoms. The monoisotopic (exact) mass is 288 g/mol. The molecule has 0 aliphatic carbocycles. The Labute approximate surface area is 122 Å². The zero-order valence-electron chi connectivity index (χ0n) is 11.7. The van der Waals surface area contributed by atoms with Crippen LogP contribution in [0.3, 0.4) is 0 Å². The van der Waals surface area contributed by atoms with Crippen LogP contribution in [0, 0.1) is 5.82 Å². The number of carbonyl (C=O) groups excluding carboxylic acids is 1. The molecule has 21 heavy (non-hydrogen) atoms. The fraction of sp³-hybridized carbons (Fsp3) is 0.188. The standard InChI is InChI=1S/C16H17FN2O2/c1-2-19(10-11-5-3-4-6-15(11)18)16(21)13-8-7-12(20)9-14(13)17/h3-9,20H,2,10,18H2,1H3. The van der Waals surface area contributed by atoms with Gasteiger partial charge in [-0.25, -0.2) is 4.39 Å². The topological polar surface area (TPSA) is 66.6 Å². The van der Waals surface area contributed by atoms with Gasteiger partial charge in [0.15, 0.2) is 0 Å². The summed E-state index contributed by atoms with van der Waals surface area (Å²) >= 11 is 0. The number of hydrogen-bond donors (Lipinski definition) is 2. The van der Waals surface area contributed by atoms with E-state index in [1.165, 1.54) is 17.0 Å². The molecule has 2 aromatic rings. The molecule has 0 unspecified atom stereocenters. The smallest absolute Gasteiger partial charge is 0.257 e. The van der Waals surface area contributed by atoms with Crippen LogP contribution in [0.1, 0.15) is 22.8 Å². The second-order valence-electron chi connectivity index (χ2n) is 4.68. The fourth-order valence-electron chi connectivity index (χ4n) is 2.06. The molecule has 0 spiro atoms. The molecule has 0 aromatic heterocycles. The third-order valence-electron chi connectivity index (χ3n) is 3.27. The largest absolute Gasteiger partial charge is 0.508 e. The van der Waals surface area contributed by atoms with Gasteiger partial charge in [-0.1, -0.05) is 18.2 Å². The van der Waals surface area contributed by atoms with Gasteiger partial charge < -0.3 is 15.7 Å². The zero-order chi connectivity index (χ0) is 15.4. The number of phenolic OH excluding ortho intramolecular Hbond substituents is 1. The van der Waals surface area contributed by atoms with Gasteiger partial charge >= 0.3 is 0 Å². The Morgan fingerprint density at radius 1 is 1.29 bits per heavy atom. The van der Waals surface area contributed by atoms with Gasteiger partial charge in [0.2, 0.25) is 0 Å². The first-order valence-electron chi connectivity index (χ1n) is 6.64. The summed E-state index contributed by atoms with van der Waals surface area (Å²) in [4.78, 5) is 13.9. The quantitative estimate of drug-likeness (QED) is 0.850. The van der Waals surface area contributed by atoms with E-state index in [0.717, 1.165) is 11.6 Å². The van der Waals surface area contributed by atoms with Crippen molar-refractivity contribution in [3.05, 3.63) is 59.4 Å². The number of rotatable bonds is 4. The summed E-state index contributed by atoms with van der Waals surface area (Å²) in [6.07, 6.45) is 0. The minimum Gasteiger partial charge on any atom is -0.508 e. The van der Waals surface area contributed by atoms with Crippen molar-refractivity contribution in [3.8, 4) is 5.75 Å². The van der Waals surface area contributed by atoms with E-state index in [4.69, 9.17) is 5.73 Å². The van der Waals surface area contributed by atoms with E-state index < -0.39 is 11.7 Å². The third kappa shape index (κ3) is 3.31. The van der Waals surface area contributed by atoms with Crippen molar-refractivity contribution >= 4 is 11.6 Å². The highest BCUT2D eigenvalue weighted by molar-refractivity contribution is 5.94. The Morgan fingerprint density at radius 3 is 2.62 bits per heavy atom. The van der Waals surface area contributed by atoms with Crippen LogP contribution < -0.4 is 5.73 Å². The first-order valence-corrected chi connectivity index (χ1v) is 6.64. The van der Waals surface area contributed by atoms with Crippen molar-refractivity contribution in [2.24, 2.45) is 0 Å². The lowest BCUT2D eigenvalue weighted by atomic mass is 10.1. The molecule has 110 valence electrons. The van der Waals surface area contributed by atoms with Crippen LogP contribution in [0.4, 0.5) is 10.1 Å². The van der Waals surface area contributed by atoms with Crippen LogP contribution in [0.5, 0.6) is 5.75 Å². The Bertz CT molecular complexity index is 658. The Hall–Kier alpha value is -2.56. The number of aromatic hydroxyl groups is 1. The molecule has 0 bridgehead atoms. The summed E-state index contributed by atoms with van der Waals surface area (Å²) in [5, 5.41) is 9.21. The van der Waals surface area contributed by atoms with Crippen LogP contribution >= 0.6 is 0 Å². The lowest BCUT2D eigenvalue weighted by Gasteiger charge is -2.22. The molecule has 4 nitrogen and oxygen atoms in total. The van der Waals surface area contributed by atoms with Crippen LogP contribution in [0.2, 0.25) is 0 Å². The molecule has 0 atom stereocenters. The molecule has 2 rings (SSSR count). The van der Waals surface area contributed by atoms with E-state index in [1.54, 1.807) is 6.07 Å². The number of hydrogen-bond acceptors (Lipinski definition) is 3. The molecule has 0 aliphatic heterocycles. The average molecular weight is 288 g/mol. The summed E-state index contributed by atoms with van der Waals surface area (Å²) in [6, 6.07) is 10.7. The summed E-state index contributed by atoms with van der Waals surface area (Å²) < 4.78 is 13.8. The average Bonchev–Trinajstić information content (AvgIpc) is 2.46. The van der Waals surface area contributed by atoms with Crippen LogP contribution in [0.15, 0.2) is 42.5 Å². The zero-order valence-corrected chi connectivity index (χ0v) is 11.7. The maximum Gasteiger partial charge on any atom is 0.257 e. The molecule has 0 aliphatic rings. The van der Waals surface area contributed by atoms with Crippen molar-refractivity contribution in [2.45, 2.75) is 13.5 Å². The maximum absolute atomic E-state index is 13.8. The Morgan fingerprint density at radius 2 is 2.00 bits per heavy atom. The fourth-order valence-corrected chi connectivity index (χ4v) is 2.06. The molecule has 3 N–H and O–H groups in total. The van der Waals surface area contributed by atoms with Crippen molar-refractivity contribution in [1.29, 1.82) is 0 Å². The highest BCUT2D eigenvalue weighted by atomic mass is 19.1. The summed E-state index contributed by atoms with van der Waals surface area (Å²) in [5.41, 5.74) is 7.21. The van der Waals surface area contributed by atoms with Crippen molar-refractivity contribution in [2.75, 3.05) is 12.3 Å². The molecule has 0 saturated heterocycles. The second kappa shape index (κ2) is 6.26. The van der Waals surface area contributed by atoms with Gasteiger partial charge in [0.05, 0.1) is 5.56 Å². The SMILES string of the molecule is CCN(Cc1ccccc1N)C(=O)c1ccc(O)cc1F. The number of anilines is 1. The predicted octanol–water partition coefficient (Wildman–Crippen LogP) is 2.78. The molecular formula is C16H17FN2O2. The summed E-state index contributed by atoms with van der Waals surface area (Å²) in [6.45, 7) is 2.55. The lowest BCUT2D eigenvalue weighted by molar-refractivity contribution is 0.0748. The number of nitrogen functional groups attached to an aromatic ring is 1. The maximum atomic E-state index is 13.8. The molecule has 0 heterocycles. The minimum absolute atomic E-state index is 0.0656. The molecular weight excluding hydrogens is 271 g/mol. The summed E-state index contributed by atoms with van der Waals surface area (Å²) in [7, 11) is 0. The third-order valence-corrected chi connectivity index (χ3v) is 3.27. The highest BCUT2D eigenvalue weighted by Crippen LogP contribution is 2.19. The van der Waals surface area contributed by atoms with Gasteiger partial charge in [0, 0.05) is 24.8 Å². The number of benzene rings is 2. The van der Waals surface area contributed by atoms with Crippen molar-refractivity contribution in [3.63, 3.8) is 0 Å². The van der Waals surface area contributed by atoms with Crippen LogP contribution in [0.25, 0.3) is 0 Å². The van der Waals surface area contributed by atoms with Crippen molar-refractivity contribution < 1.29 is 14.3 Å². The normalized spacial score (nSPS) is 10.4. The number of phenols is 1. The number of para-hydroxylation sites is 1. The number of carbonyl (C=O) groups is 1. The van der Waals surface area contributed by atoms with Gasteiger partial charge in [-0.3, -0.25) is 4.79 Å². The van der Waals surface area contributed by atoms with Crippen LogP contribution in [-0.2, 0) is 6.54 Å². The van der Waals surface area contributed by atoms with Crippen molar-refractivity contribution in [1.82, 2.24) is 4.90 Å². The van der Waals surface area contributed by atoms with E-state index in [2.05, 4.69) is 0 Å². The Balaban J connectivity index is 2.25. The number of halogens is 1. The van der Waals surface area contributed by atoms with E-state index in [9.17, 15) is 14.3 Å². The number of nitrogens with zero attached hydrogens (tertiary/aromatic N) is 1. The first-order chi connectivity index (χ1) is 10.0. The summed E-state index contributed by atoms with van der Waals surface area (Å²) in [5.74, 6) is -1.38. The minimum atomic E-state index is -0.737. The number of amides is 1. The van der Waals surface area contributed by atoms with Gasteiger partial charge in [0.1, 0.15) is 11.6 Å². The number of nitrogens with two attached hydrogens (primary N) is 1. The predicted molar refractivity (Wildman–Crippen MR) is 79.3 cm³/mol. The van der Waals surface area contributed by atoms with E-state index in [1.807, 2.05) is 25.1 Å². The van der Waals surface area contributed by atoms with Gasteiger partial charge in [0.25, 0.3) is 5.91 Å². The highest BCUT2D eigenvalue weighted by Gasteiger charge is 2.19. The van der Waals surface area contributed by atoms with Gasteiger partial charge in [-0.05, 0) is 30.7 Å². The van der Waals surface area contributed by atoms with E-state index in [0.29, 0.717) is 18.8 Å². The molecule has 0 saturated carbocycles. The van der Waals surface area contributed by atoms with E-state index in [-0.39, 0.29) is 11.3 Å². The molecule has 1 amide bonds. The Kier molecular flexibility index (Phi) is 4.42.